The van der Waals surface area contributed by atoms with E-state index in [1.807, 2.05) is 0 Å². The van der Waals surface area contributed by atoms with Crippen molar-refractivity contribution in [3.63, 3.8) is 0 Å². The van der Waals surface area contributed by atoms with Crippen LogP contribution < -0.4 is 4.90 Å². The van der Waals surface area contributed by atoms with Gasteiger partial charge in [-0.1, -0.05) is 6.92 Å². The number of anilines is 1. The number of rotatable bonds is 6. The number of carbonyl (C=O) groups is 1. The number of nitrogens with zero attached hydrogens (tertiary/aromatic N) is 4. The molecule has 0 atom stereocenters. The molecule has 0 bridgehead atoms. The average molecular weight is 340 g/mol. The lowest BCUT2D eigenvalue weighted by atomic mass is 10.2. The molecule has 0 radical (unpaired) electrons. The van der Waals surface area contributed by atoms with Gasteiger partial charge in [-0.3, -0.25) is 9.78 Å². The molecular weight excluding hydrogens is 325 g/mol. The van der Waals surface area contributed by atoms with Crippen LogP contribution in [-0.2, 0) is 11.0 Å². The molecule has 0 amide bonds. The second-order valence-corrected chi connectivity index (χ2v) is 4.98. The van der Waals surface area contributed by atoms with E-state index in [9.17, 15) is 18.0 Å². The summed E-state index contributed by atoms with van der Waals surface area (Å²) in [5.74, 6) is -1.36. The second kappa shape index (κ2) is 7.24. The van der Waals surface area contributed by atoms with Crippen molar-refractivity contribution in [3.05, 3.63) is 36.3 Å². The van der Waals surface area contributed by atoms with Crippen molar-refractivity contribution in [2.24, 2.45) is 0 Å². The van der Waals surface area contributed by atoms with Crippen molar-refractivity contribution in [1.82, 2.24) is 15.0 Å². The monoisotopic (exact) mass is 340 g/mol. The Labute approximate surface area is 136 Å². The lowest BCUT2D eigenvalue weighted by Crippen LogP contribution is -2.31. The van der Waals surface area contributed by atoms with Gasteiger partial charge in [-0.25, -0.2) is 9.97 Å². The number of hydrogen-bond acceptors (Lipinski definition) is 5. The molecule has 0 unspecified atom stereocenters. The zero-order chi connectivity index (χ0) is 17.7. The molecule has 0 aliphatic rings. The first-order valence-corrected chi connectivity index (χ1v) is 7.14. The Bertz CT molecular complexity index is 708. The van der Waals surface area contributed by atoms with Gasteiger partial charge in [0.25, 0.3) is 0 Å². The van der Waals surface area contributed by atoms with E-state index in [0.29, 0.717) is 12.0 Å². The number of alkyl halides is 3. The van der Waals surface area contributed by atoms with Crippen LogP contribution in [0.3, 0.4) is 0 Å². The Morgan fingerprint density at radius 2 is 1.92 bits per heavy atom. The summed E-state index contributed by atoms with van der Waals surface area (Å²) in [5.41, 5.74) is -0.755. The summed E-state index contributed by atoms with van der Waals surface area (Å²) in [5, 5.41) is 8.97. The number of carboxylic acids is 1. The predicted molar refractivity (Wildman–Crippen MR) is 80.4 cm³/mol. The maximum absolute atomic E-state index is 13.1. The van der Waals surface area contributed by atoms with Crippen molar-refractivity contribution in [2.75, 3.05) is 18.0 Å². The van der Waals surface area contributed by atoms with Gasteiger partial charge in [0.05, 0.1) is 0 Å². The van der Waals surface area contributed by atoms with E-state index < -0.39 is 24.4 Å². The molecule has 2 heterocycles. The summed E-state index contributed by atoms with van der Waals surface area (Å²) in [6, 6.07) is 3.74. The Morgan fingerprint density at radius 3 is 2.46 bits per heavy atom. The summed E-state index contributed by atoms with van der Waals surface area (Å²) in [7, 11) is 0. The molecule has 0 aromatic carbocycles. The van der Waals surface area contributed by atoms with Crippen LogP contribution >= 0.6 is 0 Å². The van der Waals surface area contributed by atoms with E-state index in [1.54, 1.807) is 6.92 Å². The zero-order valence-electron chi connectivity index (χ0n) is 12.8. The molecular formula is C15H15F3N4O2. The van der Waals surface area contributed by atoms with E-state index >= 15 is 0 Å². The van der Waals surface area contributed by atoms with Crippen molar-refractivity contribution in [2.45, 2.75) is 19.5 Å². The van der Waals surface area contributed by atoms with Gasteiger partial charge in [0.15, 0.2) is 11.5 Å². The minimum atomic E-state index is -4.67. The third-order valence-electron chi connectivity index (χ3n) is 3.09. The molecule has 0 aliphatic heterocycles. The summed E-state index contributed by atoms with van der Waals surface area (Å²) >= 11 is 0. The molecule has 6 nitrogen and oxygen atoms in total. The lowest BCUT2D eigenvalue weighted by Gasteiger charge is -2.22. The normalized spacial score (nSPS) is 11.3. The Balaban J connectivity index is 2.55. The molecule has 2 aromatic heterocycles. The minimum Gasteiger partial charge on any atom is -0.480 e. The molecule has 2 rings (SSSR count). The van der Waals surface area contributed by atoms with Gasteiger partial charge in [0.2, 0.25) is 0 Å². The van der Waals surface area contributed by atoms with E-state index in [1.165, 1.54) is 29.4 Å². The fourth-order valence-electron chi connectivity index (χ4n) is 2.08. The molecule has 0 saturated carbocycles. The SMILES string of the molecule is CCCN(CC(=O)O)c1cc(C(F)(F)F)nc(-c2ccncc2)n1. The number of halogens is 3. The first-order valence-electron chi connectivity index (χ1n) is 7.14. The quantitative estimate of drug-likeness (QED) is 0.871. The first kappa shape index (κ1) is 17.6. The van der Waals surface area contributed by atoms with Gasteiger partial charge in [-0.05, 0) is 18.6 Å². The molecule has 1 N–H and O–H groups in total. The highest BCUT2D eigenvalue weighted by Crippen LogP contribution is 2.31. The second-order valence-electron chi connectivity index (χ2n) is 4.98. The third-order valence-corrected chi connectivity index (χ3v) is 3.09. The Morgan fingerprint density at radius 1 is 1.25 bits per heavy atom. The van der Waals surface area contributed by atoms with Crippen LogP contribution in [0.25, 0.3) is 11.4 Å². The van der Waals surface area contributed by atoms with Crippen LogP contribution in [0.5, 0.6) is 0 Å². The van der Waals surface area contributed by atoms with E-state index in [4.69, 9.17) is 5.11 Å². The lowest BCUT2D eigenvalue weighted by molar-refractivity contribution is -0.141. The molecule has 0 saturated heterocycles. The summed E-state index contributed by atoms with van der Waals surface area (Å²) < 4.78 is 39.4. The van der Waals surface area contributed by atoms with Gasteiger partial charge in [-0.2, -0.15) is 13.2 Å². The summed E-state index contributed by atoms with van der Waals surface area (Å²) in [4.78, 5) is 23.7. The predicted octanol–water partition coefficient (Wildman–Crippen LogP) is 2.86. The number of carboxylic acid groups (broad SMARTS) is 1. The number of hydrogen-bond donors (Lipinski definition) is 1. The first-order chi connectivity index (χ1) is 11.3. The maximum atomic E-state index is 13.1. The molecule has 128 valence electrons. The fourth-order valence-corrected chi connectivity index (χ4v) is 2.08. The summed E-state index contributed by atoms with van der Waals surface area (Å²) in [6.45, 7) is 1.61. The average Bonchev–Trinajstić information content (AvgIpc) is 2.53. The van der Waals surface area contributed by atoms with Gasteiger partial charge in [0, 0.05) is 30.6 Å². The topological polar surface area (TPSA) is 79.2 Å². The van der Waals surface area contributed by atoms with Crippen molar-refractivity contribution in [1.29, 1.82) is 0 Å². The van der Waals surface area contributed by atoms with Gasteiger partial charge >= 0.3 is 12.1 Å². The van der Waals surface area contributed by atoms with Crippen LogP contribution in [0.4, 0.5) is 19.0 Å². The Kier molecular flexibility index (Phi) is 5.32. The van der Waals surface area contributed by atoms with Crippen molar-refractivity contribution < 1.29 is 23.1 Å². The zero-order valence-corrected chi connectivity index (χ0v) is 12.8. The van der Waals surface area contributed by atoms with E-state index in [0.717, 1.165) is 6.07 Å². The van der Waals surface area contributed by atoms with Crippen molar-refractivity contribution in [3.8, 4) is 11.4 Å². The molecule has 0 fully saturated rings. The standard InChI is InChI=1S/C15H15F3N4O2/c1-2-7-22(9-13(23)24)12-8-11(15(16,17)18)20-14(21-12)10-3-5-19-6-4-10/h3-6,8H,2,7,9H2,1H3,(H,23,24). The number of pyridine rings is 1. The third kappa shape index (κ3) is 4.40. The van der Waals surface area contributed by atoms with E-state index in [-0.39, 0.29) is 18.2 Å². The van der Waals surface area contributed by atoms with Crippen LogP contribution in [0, 0.1) is 0 Å². The number of aliphatic carboxylic acids is 1. The molecule has 9 heteroatoms. The van der Waals surface area contributed by atoms with E-state index in [2.05, 4.69) is 15.0 Å². The van der Waals surface area contributed by atoms with Gasteiger partial charge < -0.3 is 10.0 Å². The van der Waals surface area contributed by atoms with Crippen molar-refractivity contribution >= 4 is 11.8 Å². The van der Waals surface area contributed by atoms with Crippen LogP contribution in [-0.4, -0.2) is 39.1 Å². The largest absolute Gasteiger partial charge is 0.480 e. The number of aromatic nitrogens is 3. The van der Waals surface area contributed by atoms with Gasteiger partial charge in [0.1, 0.15) is 12.4 Å². The van der Waals surface area contributed by atoms with Crippen LogP contribution in [0.1, 0.15) is 19.0 Å². The van der Waals surface area contributed by atoms with Gasteiger partial charge in [-0.15, -0.1) is 0 Å². The Hall–Kier alpha value is -2.71. The molecule has 2 aromatic rings. The minimum absolute atomic E-state index is 0.0756. The highest BCUT2D eigenvalue weighted by Gasteiger charge is 2.34. The highest BCUT2D eigenvalue weighted by molar-refractivity contribution is 5.73. The molecule has 0 spiro atoms. The highest BCUT2D eigenvalue weighted by atomic mass is 19.4. The maximum Gasteiger partial charge on any atom is 0.433 e. The fraction of sp³-hybridized carbons (Fsp3) is 0.333. The van der Waals surface area contributed by atoms with Crippen LogP contribution in [0.2, 0.25) is 0 Å². The van der Waals surface area contributed by atoms with Crippen LogP contribution in [0.15, 0.2) is 30.6 Å². The molecule has 24 heavy (non-hydrogen) atoms. The smallest absolute Gasteiger partial charge is 0.433 e. The summed E-state index contributed by atoms with van der Waals surface area (Å²) in [6.07, 6.45) is -1.27. The molecule has 0 aliphatic carbocycles.